The van der Waals surface area contributed by atoms with E-state index in [1.807, 2.05) is 0 Å². The second-order valence-corrected chi connectivity index (χ2v) is 6.12. The lowest BCUT2D eigenvalue weighted by Gasteiger charge is -2.16. The Hall–Kier alpha value is -1.10. The lowest BCUT2D eigenvalue weighted by Crippen LogP contribution is -2.24. The molecule has 0 aliphatic carbocycles. The maximum absolute atomic E-state index is 5.89. The monoisotopic (exact) mass is 293 g/mol. The number of nitrogens with one attached hydrogen (secondary N) is 1. The van der Waals surface area contributed by atoms with Gasteiger partial charge < -0.3 is 19.5 Å². The van der Waals surface area contributed by atoms with Gasteiger partial charge in [-0.05, 0) is 44.0 Å². The van der Waals surface area contributed by atoms with Crippen LogP contribution in [0.15, 0.2) is 18.2 Å². The minimum absolute atomic E-state index is 0.0616. The molecule has 1 aromatic rings. The number of rotatable bonds is 9. The van der Waals surface area contributed by atoms with Crippen molar-refractivity contribution in [2.75, 3.05) is 33.5 Å². The van der Waals surface area contributed by atoms with Gasteiger partial charge >= 0.3 is 0 Å². The van der Waals surface area contributed by atoms with Crippen molar-refractivity contribution in [1.29, 1.82) is 0 Å². The van der Waals surface area contributed by atoms with Gasteiger partial charge in [-0.3, -0.25) is 0 Å². The van der Waals surface area contributed by atoms with E-state index in [0.29, 0.717) is 13.2 Å². The third-order valence-corrected chi connectivity index (χ3v) is 3.53. The van der Waals surface area contributed by atoms with Gasteiger partial charge in [0.1, 0.15) is 11.4 Å². The van der Waals surface area contributed by atoms with E-state index in [2.05, 4.69) is 37.4 Å². The van der Waals surface area contributed by atoms with Crippen LogP contribution in [0.4, 0.5) is 0 Å². The van der Waals surface area contributed by atoms with Crippen molar-refractivity contribution < 1.29 is 14.2 Å². The zero-order valence-electron chi connectivity index (χ0n) is 13.4. The minimum atomic E-state index is -0.0616. The van der Waals surface area contributed by atoms with Crippen molar-refractivity contribution in [1.82, 2.24) is 5.32 Å². The van der Waals surface area contributed by atoms with Gasteiger partial charge in [-0.2, -0.15) is 0 Å². The molecular weight excluding hydrogens is 266 g/mol. The van der Waals surface area contributed by atoms with Gasteiger partial charge in [-0.1, -0.05) is 12.1 Å². The molecule has 0 fully saturated rings. The molecule has 0 atom stereocenters. The molecule has 1 heterocycles. The van der Waals surface area contributed by atoms with Gasteiger partial charge in [0.25, 0.3) is 0 Å². The first kappa shape index (κ1) is 16.3. The topological polar surface area (TPSA) is 39.7 Å². The largest absolute Gasteiger partial charge is 0.487 e. The summed E-state index contributed by atoms with van der Waals surface area (Å²) in [5.74, 6) is 1.04. The molecule has 0 spiro atoms. The molecule has 1 aliphatic rings. The fraction of sp³-hybridized carbons (Fsp3) is 0.647. The quantitative estimate of drug-likeness (QED) is 0.710. The maximum atomic E-state index is 5.89. The SMILES string of the molecule is COCCOCCCNCc1ccc2c(c1)CC(C)(C)O2. The second kappa shape index (κ2) is 7.78. The average molecular weight is 293 g/mol. The maximum Gasteiger partial charge on any atom is 0.123 e. The number of fused-ring (bicyclic) bond motifs is 1. The molecular formula is C17H27NO3. The smallest absolute Gasteiger partial charge is 0.123 e. The Bertz CT molecular complexity index is 446. The molecule has 21 heavy (non-hydrogen) atoms. The third kappa shape index (κ3) is 5.30. The molecule has 1 aliphatic heterocycles. The Labute approximate surface area is 127 Å². The van der Waals surface area contributed by atoms with E-state index in [9.17, 15) is 0 Å². The van der Waals surface area contributed by atoms with E-state index in [1.54, 1.807) is 7.11 Å². The van der Waals surface area contributed by atoms with E-state index in [4.69, 9.17) is 14.2 Å². The molecule has 0 aromatic heterocycles. The van der Waals surface area contributed by atoms with Crippen molar-refractivity contribution in [3.05, 3.63) is 29.3 Å². The molecule has 1 N–H and O–H groups in total. The lowest BCUT2D eigenvalue weighted by atomic mass is 10.0. The van der Waals surface area contributed by atoms with Crippen LogP contribution in [0.25, 0.3) is 0 Å². The summed E-state index contributed by atoms with van der Waals surface area (Å²) < 4.78 is 16.2. The summed E-state index contributed by atoms with van der Waals surface area (Å²) in [6, 6.07) is 6.49. The summed E-state index contributed by atoms with van der Waals surface area (Å²) >= 11 is 0. The third-order valence-electron chi connectivity index (χ3n) is 3.53. The Kier molecular flexibility index (Phi) is 6.03. The molecule has 1 aromatic carbocycles. The predicted octanol–water partition coefficient (Wildman–Crippen LogP) is 2.54. The van der Waals surface area contributed by atoms with E-state index >= 15 is 0 Å². The highest BCUT2D eigenvalue weighted by atomic mass is 16.5. The summed E-state index contributed by atoms with van der Waals surface area (Å²) in [4.78, 5) is 0. The van der Waals surface area contributed by atoms with Crippen LogP contribution in [0, 0.1) is 0 Å². The molecule has 4 heteroatoms. The van der Waals surface area contributed by atoms with Crippen LogP contribution in [-0.2, 0) is 22.4 Å². The average Bonchev–Trinajstić information content (AvgIpc) is 2.75. The standard InChI is InChI=1S/C17H27NO3/c1-17(2)12-15-11-14(5-6-16(15)21-17)13-18-7-4-8-20-10-9-19-3/h5-6,11,18H,4,7-10,12-13H2,1-3H3. The fourth-order valence-corrected chi connectivity index (χ4v) is 2.55. The summed E-state index contributed by atoms with van der Waals surface area (Å²) in [5, 5.41) is 3.45. The van der Waals surface area contributed by atoms with Gasteiger partial charge in [0.15, 0.2) is 0 Å². The molecule has 0 unspecified atom stereocenters. The molecule has 0 saturated carbocycles. The minimum Gasteiger partial charge on any atom is -0.487 e. The number of hydrogen-bond acceptors (Lipinski definition) is 4. The zero-order chi connectivity index (χ0) is 15.1. The lowest BCUT2D eigenvalue weighted by molar-refractivity contribution is 0.0695. The van der Waals surface area contributed by atoms with Crippen LogP contribution in [0.1, 0.15) is 31.4 Å². The molecule has 0 saturated heterocycles. The first-order valence-corrected chi connectivity index (χ1v) is 7.69. The van der Waals surface area contributed by atoms with Gasteiger partial charge in [-0.25, -0.2) is 0 Å². The first-order valence-electron chi connectivity index (χ1n) is 7.69. The summed E-state index contributed by atoms with van der Waals surface area (Å²) in [5.41, 5.74) is 2.58. The number of benzene rings is 1. The fourth-order valence-electron chi connectivity index (χ4n) is 2.55. The van der Waals surface area contributed by atoms with Crippen molar-refractivity contribution in [3.8, 4) is 5.75 Å². The normalized spacial score (nSPS) is 15.8. The van der Waals surface area contributed by atoms with Crippen molar-refractivity contribution in [2.45, 2.75) is 38.8 Å². The number of methoxy groups -OCH3 is 1. The highest BCUT2D eigenvalue weighted by Gasteiger charge is 2.29. The van der Waals surface area contributed by atoms with Crippen LogP contribution >= 0.6 is 0 Å². The van der Waals surface area contributed by atoms with Crippen molar-refractivity contribution in [3.63, 3.8) is 0 Å². The zero-order valence-corrected chi connectivity index (χ0v) is 13.4. The molecule has 0 bridgehead atoms. The van der Waals surface area contributed by atoms with E-state index in [1.165, 1.54) is 11.1 Å². The van der Waals surface area contributed by atoms with Gasteiger partial charge in [0.2, 0.25) is 0 Å². The molecule has 0 radical (unpaired) electrons. The Morgan fingerprint density at radius 3 is 2.90 bits per heavy atom. The summed E-state index contributed by atoms with van der Waals surface area (Å²) in [6.07, 6.45) is 2.01. The first-order chi connectivity index (χ1) is 10.1. The Morgan fingerprint density at radius 1 is 1.24 bits per heavy atom. The number of hydrogen-bond donors (Lipinski definition) is 1. The van der Waals surface area contributed by atoms with Crippen LogP contribution in [0.2, 0.25) is 0 Å². The van der Waals surface area contributed by atoms with E-state index in [0.717, 1.165) is 38.3 Å². The van der Waals surface area contributed by atoms with Crippen LogP contribution in [0.3, 0.4) is 0 Å². The number of ether oxygens (including phenoxy) is 3. The van der Waals surface area contributed by atoms with Crippen molar-refractivity contribution >= 4 is 0 Å². The van der Waals surface area contributed by atoms with Crippen LogP contribution in [0.5, 0.6) is 5.75 Å². The summed E-state index contributed by atoms with van der Waals surface area (Å²) in [7, 11) is 1.69. The molecule has 4 nitrogen and oxygen atoms in total. The highest BCUT2D eigenvalue weighted by molar-refractivity contribution is 5.41. The molecule has 2 rings (SSSR count). The Balaban J connectivity index is 1.64. The van der Waals surface area contributed by atoms with Gasteiger partial charge in [-0.15, -0.1) is 0 Å². The van der Waals surface area contributed by atoms with E-state index in [-0.39, 0.29) is 5.60 Å². The Morgan fingerprint density at radius 2 is 2.10 bits per heavy atom. The van der Waals surface area contributed by atoms with Gasteiger partial charge in [0.05, 0.1) is 13.2 Å². The van der Waals surface area contributed by atoms with Crippen molar-refractivity contribution in [2.24, 2.45) is 0 Å². The van der Waals surface area contributed by atoms with Crippen LogP contribution in [-0.4, -0.2) is 39.1 Å². The highest BCUT2D eigenvalue weighted by Crippen LogP contribution is 2.35. The molecule has 0 amide bonds. The van der Waals surface area contributed by atoms with E-state index < -0.39 is 0 Å². The van der Waals surface area contributed by atoms with Gasteiger partial charge in [0, 0.05) is 26.7 Å². The second-order valence-electron chi connectivity index (χ2n) is 6.12. The van der Waals surface area contributed by atoms with Crippen LogP contribution < -0.4 is 10.1 Å². The predicted molar refractivity (Wildman–Crippen MR) is 83.9 cm³/mol. The summed E-state index contributed by atoms with van der Waals surface area (Å²) in [6.45, 7) is 8.25. The molecule has 118 valence electrons.